The molecular weight excluding hydrogens is 432 g/mol. The number of piperidine rings is 1. The maximum atomic E-state index is 12.0. The van der Waals surface area contributed by atoms with E-state index in [4.69, 9.17) is 16.3 Å². The highest BCUT2D eigenvalue weighted by molar-refractivity contribution is 6.30. The van der Waals surface area contributed by atoms with Crippen LogP contribution in [0, 0.1) is 0 Å². The number of aliphatic hydroxyl groups excluding tert-OH is 1. The molecule has 1 aliphatic rings. The van der Waals surface area contributed by atoms with Gasteiger partial charge in [-0.25, -0.2) is 19.7 Å². The van der Waals surface area contributed by atoms with E-state index in [1.807, 2.05) is 17.0 Å². The van der Waals surface area contributed by atoms with Crippen LogP contribution in [0.2, 0.25) is 5.15 Å². The zero-order valence-corrected chi connectivity index (χ0v) is 18.9. The van der Waals surface area contributed by atoms with Crippen LogP contribution in [0.1, 0.15) is 27.2 Å². The molecule has 0 unspecified atom stereocenters. The molecule has 0 spiro atoms. The Balaban J connectivity index is 1.45. The molecule has 0 saturated carbocycles. The Morgan fingerprint density at radius 3 is 2.78 bits per heavy atom. The third-order valence-corrected chi connectivity index (χ3v) is 5.25. The van der Waals surface area contributed by atoms with Crippen LogP contribution < -0.4 is 10.2 Å². The van der Waals surface area contributed by atoms with E-state index in [1.165, 1.54) is 0 Å². The summed E-state index contributed by atoms with van der Waals surface area (Å²) in [6.45, 7) is 6.31. The lowest BCUT2D eigenvalue weighted by Crippen LogP contribution is -2.55. The molecule has 9 nitrogen and oxygen atoms in total. The number of fused-ring (bicyclic) bond motifs is 1. The molecule has 1 saturated heterocycles. The summed E-state index contributed by atoms with van der Waals surface area (Å²) in [5, 5.41) is 14.5. The van der Waals surface area contributed by atoms with Gasteiger partial charge in [0.2, 0.25) is 0 Å². The number of alkyl carbamates (subject to hydrolysis) is 1. The van der Waals surface area contributed by atoms with Crippen molar-refractivity contribution in [3.8, 4) is 11.4 Å². The van der Waals surface area contributed by atoms with Crippen LogP contribution in [0.15, 0.2) is 36.8 Å². The Labute approximate surface area is 190 Å². The summed E-state index contributed by atoms with van der Waals surface area (Å²) in [6, 6.07) is 5.07. The van der Waals surface area contributed by atoms with E-state index in [9.17, 15) is 9.90 Å². The molecule has 168 valence electrons. The predicted octanol–water partition coefficient (Wildman–Crippen LogP) is 3.20. The molecule has 0 aliphatic carbocycles. The van der Waals surface area contributed by atoms with E-state index >= 15 is 0 Å². The molecule has 4 heterocycles. The standard InChI is InChI=1S/C22H25ClN6O3/c1-22(2,3)32-21(31)27-14-6-8-29(12-17(14)30)19-11-25-16(10-26-19)20-13-5-4-7-24-15(13)9-18(23)28-20/h4-5,7,9-11,14,17,30H,6,8,12H2,1-3H3,(H,27,31)/t14-,17-/m0/s1. The fraction of sp³-hybridized carbons (Fsp3) is 0.409. The van der Waals surface area contributed by atoms with Gasteiger partial charge >= 0.3 is 6.09 Å². The molecule has 2 atom stereocenters. The van der Waals surface area contributed by atoms with Gasteiger partial charge in [-0.15, -0.1) is 0 Å². The number of halogens is 1. The van der Waals surface area contributed by atoms with E-state index in [1.54, 1.807) is 45.4 Å². The number of hydrogen-bond acceptors (Lipinski definition) is 8. The molecule has 32 heavy (non-hydrogen) atoms. The van der Waals surface area contributed by atoms with Crippen molar-refractivity contribution in [3.63, 3.8) is 0 Å². The number of hydrogen-bond donors (Lipinski definition) is 2. The zero-order valence-electron chi connectivity index (χ0n) is 18.1. The average Bonchev–Trinajstić information content (AvgIpc) is 2.73. The van der Waals surface area contributed by atoms with Crippen LogP contribution in [0.4, 0.5) is 10.6 Å². The number of rotatable bonds is 3. The number of carbonyl (C=O) groups is 1. The van der Waals surface area contributed by atoms with Crippen LogP contribution >= 0.6 is 11.6 Å². The van der Waals surface area contributed by atoms with Crippen molar-refractivity contribution in [2.24, 2.45) is 0 Å². The van der Waals surface area contributed by atoms with Crippen molar-refractivity contribution >= 4 is 34.4 Å². The van der Waals surface area contributed by atoms with Gasteiger partial charge in [-0.05, 0) is 39.3 Å². The molecule has 10 heteroatoms. The van der Waals surface area contributed by atoms with Crippen LogP contribution in [0.25, 0.3) is 22.3 Å². The van der Waals surface area contributed by atoms with Gasteiger partial charge in [0.25, 0.3) is 0 Å². The first-order chi connectivity index (χ1) is 15.2. The second-order valence-corrected chi connectivity index (χ2v) is 9.07. The lowest BCUT2D eigenvalue weighted by molar-refractivity contribution is 0.0402. The van der Waals surface area contributed by atoms with E-state index in [2.05, 4.69) is 25.3 Å². The van der Waals surface area contributed by atoms with Crippen molar-refractivity contribution in [1.29, 1.82) is 0 Å². The molecule has 3 aromatic rings. The lowest BCUT2D eigenvalue weighted by Gasteiger charge is -2.36. The summed E-state index contributed by atoms with van der Waals surface area (Å²) in [4.78, 5) is 31.7. The SMILES string of the molecule is CC(C)(C)OC(=O)N[C@H]1CCN(c2cnc(-c3nc(Cl)cc4ncccc34)cn2)C[C@@H]1O. The third kappa shape index (κ3) is 5.05. The van der Waals surface area contributed by atoms with Gasteiger partial charge in [0.1, 0.15) is 28.0 Å². The molecule has 3 aromatic heterocycles. The molecular formula is C22H25ClN6O3. The van der Waals surface area contributed by atoms with Gasteiger partial charge < -0.3 is 20.1 Å². The molecule has 1 aliphatic heterocycles. The van der Waals surface area contributed by atoms with Gasteiger partial charge in [0.15, 0.2) is 0 Å². The highest BCUT2D eigenvalue weighted by atomic mass is 35.5. The van der Waals surface area contributed by atoms with E-state index < -0.39 is 17.8 Å². The average molecular weight is 457 g/mol. The molecule has 1 amide bonds. The lowest BCUT2D eigenvalue weighted by atomic mass is 10.0. The van der Waals surface area contributed by atoms with Crippen LogP contribution in [-0.4, -0.2) is 62.0 Å². The Kier molecular flexibility index (Phi) is 6.12. The molecule has 0 radical (unpaired) electrons. The van der Waals surface area contributed by atoms with Crippen LogP contribution in [0.5, 0.6) is 0 Å². The largest absolute Gasteiger partial charge is 0.444 e. The molecule has 2 N–H and O–H groups in total. The van der Waals surface area contributed by atoms with Gasteiger partial charge in [0, 0.05) is 30.7 Å². The summed E-state index contributed by atoms with van der Waals surface area (Å²) >= 11 is 6.15. The first kappa shape index (κ1) is 22.2. The minimum atomic E-state index is -0.762. The second kappa shape index (κ2) is 8.84. The minimum absolute atomic E-state index is 0.316. The number of nitrogens with one attached hydrogen (secondary N) is 1. The fourth-order valence-corrected chi connectivity index (χ4v) is 3.80. The Bertz CT molecular complexity index is 1120. The van der Waals surface area contributed by atoms with Crippen LogP contribution in [-0.2, 0) is 4.74 Å². The smallest absolute Gasteiger partial charge is 0.407 e. The number of anilines is 1. The zero-order chi connectivity index (χ0) is 22.9. The number of amides is 1. The predicted molar refractivity (Wildman–Crippen MR) is 122 cm³/mol. The number of nitrogens with zero attached hydrogens (tertiary/aromatic N) is 5. The Morgan fingerprint density at radius 2 is 2.09 bits per heavy atom. The highest BCUT2D eigenvalue weighted by Crippen LogP contribution is 2.27. The van der Waals surface area contributed by atoms with Gasteiger partial charge in [0.05, 0.1) is 30.1 Å². The number of aromatic nitrogens is 4. The number of pyridine rings is 2. The van der Waals surface area contributed by atoms with Gasteiger partial charge in [-0.1, -0.05) is 11.6 Å². The summed E-state index contributed by atoms with van der Waals surface area (Å²) in [5.41, 5.74) is 1.33. The summed E-state index contributed by atoms with van der Waals surface area (Å²) in [5.74, 6) is 0.632. The van der Waals surface area contributed by atoms with Crippen molar-refractivity contribution in [2.75, 3.05) is 18.0 Å². The van der Waals surface area contributed by atoms with E-state index in [-0.39, 0.29) is 6.04 Å². The van der Waals surface area contributed by atoms with E-state index in [0.717, 1.165) is 10.9 Å². The van der Waals surface area contributed by atoms with E-state index in [0.29, 0.717) is 41.9 Å². The maximum Gasteiger partial charge on any atom is 0.407 e. The van der Waals surface area contributed by atoms with Crippen molar-refractivity contribution in [3.05, 3.63) is 41.9 Å². The topological polar surface area (TPSA) is 113 Å². The molecule has 0 bridgehead atoms. The quantitative estimate of drug-likeness (QED) is 0.577. The Morgan fingerprint density at radius 1 is 1.28 bits per heavy atom. The second-order valence-electron chi connectivity index (χ2n) is 8.68. The summed E-state index contributed by atoms with van der Waals surface area (Å²) < 4.78 is 5.28. The molecule has 0 aromatic carbocycles. The highest BCUT2D eigenvalue weighted by Gasteiger charge is 2.31. The first-order valence-corrected chi connectivity index (χ1v) is 10.7. The molecule has 4 rings (SSSR count). The Hall–Kier alpha value is -3.04. The van der Waals surface area contributed by atoms with Gasteiger partial charge in [-0.3, -0.25) is 4.98 Å². The number of carbonyl (C=O) groups excluding carboxylic acids is 1. The van der Waals surface area contributed by atoms with Crippen molar-refractivity contribution in [1.82, 2.24) is 25.3 Å². The summed E-state index contributed by atoms with van der Waals surface area (Å²) in [7, 11) is 0. The number of aliphatic hydroxyl groups is 1. The van der Waals surface area contributed by atoms with Crippen molar-refractivity contribution in [2.45, 2.75) is 44.9 Å². The first-order valence-electron chi connectivity index (χ1n) is 10.4. The third-order valence-electron chi connectivity index (χ3n) is 5.06. The molecule has 1 fully saturated rings. The minimum Gasteiger partial charge on any atom is -0.444 e. The fourth-order valence-electron chi connectivity index (χ4n) is 3.61. The number of β-amino-alcohol motifs (C(OH)–C–C–N with tert-alkyl or cyclic N) is 1. The van der Waals surface area contributed by atoms with Crippen molar-refractivity contribution < 1.29 is 14.6 Å². The van der Waals surface area contributed by atoms with Crippen LogP contribution in [0.3, 0.4) is 0 Å². The summed E-state index contributed by atoms with van der Waals surface area (Å²) in [6.07, 6.45) is 4.24. The maximum absolute atomic E-state index is 12.0. The number of ether oxygens (including phenoxy) is 1. The normalized spacial score (nSPS) is 19.1. The monoisotopic (exact) mass is 456 g/mol. The van der Waals surface area contributed by atoms with Gasteiger partial charge in [-0.2, -0.15) is 0 Å².